The summed E-state index contributed by atoms with van der Waals surface area (Å²) in [4.78, 5) is 11.4. The van der Waals surface area contributed by atoms with Gasteiger partial charge in [0.15, 0.2) is 0 Å². The Morgan fingerprint density at radius 2 is 1.64 bits per heavy atom. The lowest BCUT2D eigenvalue weighted by atomic mass is 10.1. The largest absolute Gasteiger partial charge is 0.478 e. The van der Waals surface area contributed by atoms with Crippen LogP contribution in [0.25, 0.3) is 10.8 Å². The summed E-state index contributed by atoms with van der Waals surface area (Å²) in [6, 6.07) is 14.3. The standard InChI is InChI=1S/C17H11Cl2NO4S/c18-12-8-14(17(21)22)16(15(19)9-12)20-25(23,24)13-6-5-10-3-1-2-4-11(10)7-13/h1-9,20H,(H,21,22). The van der Waals surface area contributed by atoms with Gasteiger partial charge < -0.3 is 5.11 Å². The fourth-order valence-electron chi connectivity index (χ4n) is 2.37. The number of hydrogen-bond acceptors (Lipinski definition) is 3. The van der Waals surface area contributed by atoms with Crippen molar-refractivity contribution in [2.45, 2.75) is 4.90 Å². The molecule has 3 aromatic carbocycles. The molecule has 0 saturated carbocycles. The van der Waals surface area contributed by atoms with Gasteiger partial charge in [-0.1, -0.05) is 53.5 Å². The van der Waals surface area contributed by atoms with Crippen molar-refractivity contribution in [3.05, 3.63) is 70.2 Å². The molecule has 5 nitrogen and oxygen atoms in total. The number of aromatic carboxylic acids is 1. The van der Waals surface area contributed by atoms with Crippen LogP contribution in [0, 0.1) is 0 Å². The number of hydrogen-bond donors (Lipinski definition) is 2. The van der Waals surface area contributed by atoms with Gasteiger partial charge in [0.25, 0.3) is 10.0 Å². The summed E-state index contributed by atoms with van der Waals surface area (Å²) in [6.07, 6.45) is 0. The average molecular weight is 396 g/mol. The third-order valence-corrected chi connectivity index (χ3v) is 5.42. The van der Waals surface area contributed by atoms with Gasteiger partial charge in [0.2, 0.25) is 0 Å². The maximum atomic E-state index is 12.7. The number of carbonyl (C=O) groups is 1. The van der Waals surface area contributed by atoms with Crippen molar-refractivity contribution in [2.75, 3.05) is 4.72 Å². The highest BCUT2D eigenvalue weighted by molar-refractivity contribution is 7.92. The smallest absolute Gasteiger partial charge is 0.337 e. The lowest BCUT2D eigenvalue weighted by Crippen LogP contribution is -2.16. The van der Waals surface area contributed by atoms with Gasteiger partial charge >= 0.3 is 5.97 Å². The summed E-state index contributed by atoms with van der Waals surface area (Å²) in [6.45, 7) is 0. The summed E-state index contributed by atoms with van der Waals surface area (Å²) in [5, 5.41) is 10.9. The van der Waals surface area contributed by atoms with Crippen LogP contribution in [0.2, 0.25) is 10.0 Å². The van der Waals surface area contributed by atoms with Gasteiger partial charge in [0, 0.05) is 5.02 Å². The zero-order valence-electron chi connectivity index (χ0n) is 12.5. The van der Waals surface area contributed by atoms with E-state index in [1.165, 1.54) is 18.2 Å². The molecule has 0 saturated heterocycles. The zero-order chi connectivity index (χ0) is 18.2. The first-order valence-electron chi connectivity index (χ1n) is 7.02. The number of rotatable bonds is 4. The number of nitrogens with one attached hydrogen (secondary N) is 1. The Hall–Kier alpha value is -2.28. The minimum absolute atomic E-state index is 0.00597. The van der Waals surface area contributed by atoms with Crippen LogP contribution >= 0.6 is 23.2 Å². The van der Waals surface area contributed by atoms with E-state index in [1.54, 1.807) is 18.2 Å². The van der Waals surface area contributed by atoms with Crippen molar-refractivity contribution < 1.29 is 18.3 Å². The number of benzene rings is 3. The molecule has 0 aliphatic heterocycles. The third-order valence-electron chi connectivity index (χ3n) is 3.55. The Balaban J connectivity index is 2.08. The SMILES string of the molecule is O=C(O)c1cc(Cl)cc(Cl)c1NS(=O)(=O)c1ccc2ccccc2c1. The monoisotopic (exact) mass is 395 g/mol. The number of sulfonamides is 1. The highest BCUT2D eigenvalue weighted by Crippen LogP contribution is 2.32. The second-order valence-corrected chi connectivity index (χ2v) is 7.76. The third kappa shape index (κ3) is 3.56. The molecule has 0 unspecified atom stereocenters. The Morgan fingerprint density at radius 1 is 0.960 bits per heavy atom. The number of carboxylic acid groups (broad SMARTS) is 1. The summed E-state index contributed by atoms with van der Waals surface area (Å²) in [7, 11) is -4.04. The van der Waals surface area contributed by atoms with E-state index in [2.05, 4.69) is 4.72 Å². The molecular formula is C17H11Cl2NO4S. The number of carboxylic acids is 1. The molecule has 25 heavy (non-hydrogen) atoms. The van der Waals surface area contributed by atoms with Crippen LogP contribution in [0.5, 0.6) is 0 Å². The maximum absolute atomic E-state index is 12.7. The van der Waals surface area contributed by atoms with Crippen LogP contribution in [-0.4, -0.2) is 19.5 Å². The molecule has 0 aliphatic carbocycles. The van der Waals surface area contributed by atoms with Crippen molar-refractivity contribution in [1.82, 2.24) is 0 Å². The van der Waals surface area contributed by atoms with Crippen molar-refractivity contribution in [3.63, 3.8) is 0 Å². The molecule has 0 aliphatic rings. The molecule has 128 valence electrons. The molecule has 3 aromatic rings. The topological polar surface area (TPSA) is 83.5 Å². The predicted molar refractivity (Wildman–Crippen MR) is 98.2 cm³/mol. The predicted octanol–water partition coefficient (Wildman–Crippen LogP) is 4.65. The summed E-state index contributed by atoms with van der Waals surface area (Å²) in [5.74, 6) is -1.35. The Morgan fingerprint density at radius 3 is 2.32 bits per heavy atom. The molecule has 0 atom stereocenters. The van der Waals surface area contributed by atoms with Crippen LogP contribution in [0.4, 0.5) is 5.69 Å². The number of anilines is 1. The van der Waals surface area contributed by atoms with Gasteiger partial charge in [-0.15, -0.1) is 0 Å². The van der Waals surface area contributed by atoms with Gasteiger partial charge in [-0.25, -0.2) is 13.2 Å². The summed E-state index contributed by atoms with van der Waals surface area (Å²) in [5.41, 5.74) is -0.561. The van der Waals surface area contributed by atoms with Gasteiger partial charge in [0.1, 0.15) is 0 Å². The molecule has 0 radical (unpaired) electrons. The minimum atomic E-state index is -4.04. The highest BCUT2D eigenvalue weighted by atomic mass is 35.5. The van der Waals surface area contributed by atoms with Crippen LogP contribution in [0.1, 0.15) is 10.4 Å². The van der Waals surface area contributed by atoms with Gasteiger partial charge in [-0.3, -0.25) is 4.72 Å². The van der Waals surface area contributed by atoms with Crippen molar-refractivity contribution in [3.8, 4) is 0 Å². The molecule has 0 heterocycles. The normalized spacial score (nSPS) is 11.4. The molecule has 2 N–H and O–H groups in total. The fourth-order valence-corrected chi connectivity index (χ4v) is 4.11. The highest BCUT2D eigenvalue weighted by Gasteiger charge is 2.22. The van der Waals surface area contributed by atoms with Crippen LogP contribution in [-0.2, 0) is 10.0 Å². The maximum Gasteiger partial charge on any atom is 0.337 e. The van der Waals surface area contributed by atoms with E-state index >= 15 is 0 Å². The lowest BCUT2D eigenvalue weighted by Gasteiger charge is -2.13. The first kappa shape index (κ1) is 17.5. The van der Waals surface area contributed by atoms with E-state index in [4.69, 9.17) is 23.2 Å². The molecule has 0 fully saturated rings. The van der Waals surface area contributed by atoms with E-state index in [1.807, 2.05) is 12.1 Å². The number of fused-ring (bicyclic) bond motifs is 1. The fraction of sp³-hybridized carbons (Fsp3) is 0. The molecule has 0 spiro atoms. The summed E-state index contributed by atoms with van der Waals surface area (Å²) >= 11 is 11.8. The quantitative estimate of drug-likeness (QED) is 0.673. The minimum Gasteiger partial charge on any atom is -0.478 e. The van der Waals surface area contributed by atoms with Crippen molar-refractivity contribution >= 4 is 55.7 Å². The number of halogens is 2. The summed E-state index contributed by atoms with van der Waals surface area (Å²) < 4.78 is 27.6. The lowest BCUT2D eigenvalue weighted by molar-refractivity contribution is 0.0698. The average Bonchev–Trinajstić information content (AvgIpc) is 2.56. The van der Waals surface area contributed by atoms with Crippen LogP contribution < -0.4 is 4.72 Å². The molecule has 8 heteroatoms. The van der Waals surface area contributed by atoms with Gasteiger partial charge in [-0.2, -0.15) is 0 Å². The molecule has 0 bridgehead atoms. The van der Waals surface area contributed by atoms with Gasteiger partial charge in [-0.05, 0) is 35.0 Å². The van der Waals surface area contributed by atoms with E-state index in [-0.39, 0.29) is 26.2 Å². The Labute approximate surface area is 153 Å². The molecule has 0 amide bonds. The molecule has 3 rings (SSSR count). The van der Waals surface area contributed by atoms with E-state index < -0.39 is 16.0 Å². The zero-order valence-corrected chi connectivity index (χ0v) is 14.9. The van der Waals surface area contributed by atoms with Crippen LogP contribution in [0.15, 0.2) is 59.5 Å². The Bertz CT molecular complexity index is 1100. The second-order valence-electron chi connectivity index (χ2n) is 5.23. The first-order valence-corrected chi connectivity index (χ1v) is 9.26. The van der Waals surface area contributed by atoms with Gasteiger partial charge in [0.05, 0.1) is 21.2 Å². The Kier molecular flexibility index (Phi) is 4.60. The second kappa shape index (κ2) is 6.55. The van der Waals surface area contributed by atoms with E-state index in [9.17, 15) is 18.3 Å². The van der Waals surface area contributed by atoms with E-state index in [0.717, 1.165) is 16.8 Å². The van der Waals surface area contributed by atoms with Crippen molar-refractivity contribution in [1.29, 1.82) is 0 Å². The molecule has 0 aromatic heterocycles. The first-order chi connectivity index (χ1) is 11.8. The van der Waals surface area contributed by atoms with Crippen LogP contribution in [0.3, 0.4) is 0 Å². The van der Waals surface area contributed by atoms with Crippen molar-refractivity contribution in [2.24, 2.45) is 0 Å². The molecular weight excluding hydrogens is 385 g/mol. The van der Waals surface area contributed by atoms with E-state index in [0.29, 0.717) is 0 Å².